The van der Waals surface area contributed by atoms with Gasteiger partial charge in [-0.1, -0.05) is 0 Å². The van der Waals surface area contributed by atoms with E-state index in [4.69, 9.17) is 9.84 Å². The van der Waals surface area contributed by atoms with Gasteiger partial charge < -0.3 is 15.2 Å². The lowest BCUT2D eigenvalue weighted by Crippen LogP contribution is -2.21. The highest BCUT2D eigenvalue weighted by molar-refractivity contribution is 6.03. The Morgan fingerprint density at radius 3 is 2.48 bits per heavy atom. The molecule has 0 bridgehead atoms. The fourth-order valence-electron chi connectivity index (χ4n) is 1.62. The van der Waals surface area contributed by atoms with E-state index in [1.54, 1.807) is 31.4 Å². The van der Waals surface area contributed by atoms with E-state index >= 15 is 0 Å². The van der Waals surface area contributed by atoms with Crippen LogP contribution in [0.15, 0.2) is 42.6 Å². The van der Waals surface area contributed by atoms with Crippen molar-refractivity contribution in [2.75, 3.05) is 17.7 Å². The summed E-state index contributed by atoms with van der Waals surface area (Å²) in [6, 6.07) is 8.97. The van der Waals surface area contributed by atoms with Gasteiger partial charge in [0.1, 0.15) is 17.1 Å². The Morgan fingerprint density at radius 1 is 1.14 bits per heavy atom. The number of anilines is 2. The molecule has 0 aliphatic carbocycles. The van der Waals surface area contributed by atoms with E-state index in [2.05, 4.69) is 15.6 Å². The van der Waals surface area contributed by atoms with Crippen molar-refractivity contribution >= 4 is 23.5 Å². The van der Waals surface area contributed by atoms with Crippen molar-refractivity contribution in [3.63, 3.8) is 0 Å². The predicted octanol–water partition coefficient (Wildman–Crippen LogP) is 2.43. The molecule has 1 heterocycles. The van der Waals surface area contributed by atoms with E-state index in [0.717, 1.165) is 0 Å². The third-order valence-electron chi connectivity index (χ3n) is 2.62. The number of rotatable bonds is 4. The molecule has 0 atom stereocenters. The molecule has 0 saturated heterocycles. The van der Waals surface area contributed by atoms with Crippen LogP contribution in [0.5, 0.6) is 5.75 Å². The van der Waals surface area contributed by atoms with Crippen LogP contribution in [0.4, 0.5) is 16.3 Å². The Morgan fingerprint density at radius 2 is 1.86 bits per heavy atom. The number of carbonyl (C=O) groups is 2. The fraction of sp³-hybridized carbons (Fsp3) is 0.0714. The summed E-state index contributed by atoms with van der Waals surface area (Å²) in [5.74, 6) is -0.516. The van der Waals surface area contributed by atoms with Gasteiger partial charge in [-0.25, -0.2) is 14.6 Å². The van der Waals surface area contributed by atoms with Crippen molar-refractivity contribution < 1.29 is 19.4 Å². The van der Waals surface area contributed by atoms with Gasteiger partial charge in [0.05, 0.1) is 7.11 Å². The first-order valence-corrected chi connectivity index (χ1v) is 6.00. The molecule has 0 radical (unpaired) electrons. The highest BCUT2D eigenvalue weighted by Crippen LogP contribution is 2.16. The topological polar surface area (TPSA) is 101 Å². The lowest BCUT2D eigenvalue weighted by Gasteiger charge is -2.09. The number of aromatic carboxylic acids is 1. The number of aromatic nitrogens is 1. The number of benzene rings is 1. The first-order chi connectivity index (χ1) is 10.1. The molecule has 0 aliphatic heterocycles. The Bertz CT molecular complexity index is 656. The van der Waals surface area contributed by atoms with Gasteiger partial charge in [-0.3, -0.25) is 5.32 Å². The number of urea groups is 1. The van der Waals surface area contributed by atoms with Crippen molar-refractivity contribution in [1.82, 2.24) is 4.98 Å². The van der Waals surface area contributed by atoms with E-state index in [-0.39, 0.29) is 11.4 Å². The first-order valence-electron chi connectivity index (χ1n) is 6.00. The molecule has 1 aromatic carbocycles. The number of hydrogen-bond acceptors (Lipinski definition) is 4. The molecule has 0 fully saturated rings. The van der Waals surface area contributed by atoms with Gasteiger partial charge in [0.25, 0.3) is 0 Å². The molecule has 2 aromatic rings. The Hall–Kier alpha value is -3.09. The molecule has 0 saturated carbocycles. The number of carboxylic acid groups (broad SMARTS) is 1. The largest absolute Gasteiger partial charge is 0.497 e. The van der Waals surface area contributed by atoms with Gasteiger partial charge >= 0.3 is 12.0 Å². The lowest BCUT2D eigenvalue weighted by molar-refractivity contribution is 0.0697. The monoisotopic (exact) mass is 287 g/mol. The Kier molecular flexibility index (Phi) is 4.35. The molecule has 7 nitrogen and oxygen atoms in total. The molecular weight excluding hydrogens is 274 g/mol. The number of nitrogens with one attached hydrogen (secondary N) is 2. The van der Waals surface area contributed by atoms with Crippen LogP contribution in [0.3, 0.4) is 0 Å². The molecular formula is C14H13N3O4. The summed E-state index contributed by atoms with van der Waals surface area (Å²) in [5.41, 5.74) is 0.462. The molecule has 2 rings (SSSR count). The quantitative estimate of drug-likeness (QED) is 0.801. The van der Waals surface area contributed by atoms with Crippen molar-refractivity contribution in [3.8, 4) is 5.75 Å². The third kappa shape index (κ3) is 3.69. The summed E-state index contributed by atoms with van der Waals surface area (Å²) in [6.07, 6.45) is 1.40. The zero-order valence-electron chi connectivity index (χ0n) is 11.2. The minimum Gasteiger partial charge on any atom is -0.497 e. The van der Waals surface area contributed by atoms with E-state index < -0.39 is 12.0 Å². The molecule has 0 unspecified atom stereocenters. The summed E-state index contributed by atoms with van der Waals surface area (Å²) in [4.78, 5) is 26.7. The van der Waals surface area contributed by atoms with Gasteiger partial charge in [0.15, 0.2) is 0 Å². The molecule has 7 heteroatoms. The minimum atomic E-state index is -1.16. The zero-order valence-corrected chi connectivity index (χ0v) is 11.2. The molecule has 1 aromatic heterocycles. The second kappa shape index (κ2) is 6.38. The average molecular weight is 287 g/mol. The van der Waals surface area contributed by atoms with E-state index in [1.807, 2.05) is 0 Å². The predicted molar refractivity (Wildman–Crippen MR) is 76.8 cm³/mol. The maximum Gasteiger partial charge on any atom is 0.339 e. The molecule has 2 amide bonds. The standard InChI is InChI=1S/C14H13N3O4/c1-21-10-6-4-9(5-7-10)16-14(20)17-12-11(13(18)19)3-2-8-15-12/h2-8H,1H3,(H,18,19)(H2,15,16,17,20). The van der Waals surface area contributed by atoms with Crippen molar-refractivity contribution in [2.24, 2.45) is 0 Å². The van der Waals surface area contributed by atoms with Crippen LogP contribution in [0.2, 0.25) is 0 Å². The Labute approximate surface area is 120 Å². The maximum atomic E-state index is 11.8. The van der Waals surface area contributed by atoms with Gasteiger partial charge in [-0.15, -0.1) is 0 Å². The van der Waals surface area contributed by atoms with Crippen molar-refractivity contribution in [1.29, 1.82) is 0 Å². The maximum absolute atomic E-state index is 11.8. The van der Waals surface area contributed by atoms with E-state index in [9.17, 15) is 9.59 Å². The van der Waals surface area contributed by atoms with Gasteiger partial charge in [-0.05, 0) is 36.4 Å². The normalized spacial score (nSPS) is 9.76. The lowest BCUT2D eigenvalue weighted by atomic mass is 10.2. The number of ether oxygens (including phenoxy) is 1. The van der Waals surface area contributed by atoms with Crippen LogP contribution in [0, 0.1) is 0 Å². The molecule has 0 aliphatic rings. The smallest absolute Gasteiger partial charge is 0.339 e. The summed E-state index contributed by atoms with van der Waals surface area (Å²) < 4.78 is 5.01. The molecule has 0 spiro atoms. The van der Waals surface area contributed by atoms with Gasteiger partial charge in [0.2, 0.25) is 0 Å². The van der Waals surface area contributed by atoms with E-state index in [1.165, 1.54) is 18.3 Å². The zero-order chi connectivity index (χ0) is 15.2. The second-order valence-electron chi connectivity index (χ2n) is 4.01. The molecule has 108 valence electrons. The number of pyridine rings is 1. The fourth-order valence-corrected chi connectivity index (χ4v) is 1.62. The minimum absolute atomic E-state index is 0.0176. The summed E-state index contributed by atoms with van der Waals surface area (Å²) in [7, 11) is 1.55. The van der Waals surface area contributed by atoms with Crippen LogP contribution < -0.4 is 15.4 Å². The summed E-state index contributed by atoms with van der Waals surface area (Å²) in [5, 5.41) is 14.0. The van der Waals surface area contributed by atoms with Gasteiger partial charge in [0, 0.05) is 11.9 Å². The van der Waals surface area contributed by atoms with Crippen LogP contribution in [-0.2, 0) is 0 Å². The van der Waals surface area contributed by atoms with Crippen LogP contribution >= 0.6 is 0 Å². The number of carbonyl (C=O) groups excluding carboxylic acids is 1. The number of methoxy groups -OCH3 is 1. The SMILES string of the molecule is COc1ccc(NC(=O)Nc2ncccc2C(=O)O)cc1. The number of nitrogens with zero attached hydrogens (tertiary/aromatic N) is 1. The highest BCUT2D eigenvalue weighted by atomic mass is 16.5. The van der Waals surface area contributed by atoms with Crippen molar-refractivity contribution in [3.05, 3.63) is 48.2 Å². The summed E-state index contributed by atoms with van der Waals surface area (Å²) in [6.45, 7) is 0. The second-order valence-corrected chi connectivity index (χ2v) is 4.01. The number of carboxylic acids is 1. The molecule has 3 N–H and O–H groups in total. The first kappa shape index (κ1) is 14.3. The number of hydrogen-bond donors (Lipinski definition) is 3. The van der Waals surface area contributed by atoms with Crippen LogP contribution in [-0.4, -0.2) is 29.2 Å². The van der Waals surface area contributed by atoms with E-state index in [0.29, 0.717) is 11.4 Å². The average Bonchev–Trinajstić information content (AvgIpc) is 2.48. The van der Waals surface area contributed by atoms with Gasteiger partial charge in [-0.2, -0.15) is 0 Å². The van der Waals surface area contributed by atoms with Crippen molar-refractivity contribution in [2.45, 2.75) is 0 Å². The number of amides is 2. The Balaban J connectivity index is 2.06. The molecule has 21 heavy (non-hydrogen) atoms. The van der Waals surface area contributed by atoms with Crippen LogP contribution in [0.1, 0.15) is 10.4 Å². The van der Waals surface area contributed by atoms with Crippen LogP contribution in [0.25, 0.3) is 0 Å². The third-order valence-corrected chi connectivity index (χ3v) is 2.62. The summed E-state index contributed by atoms with van der Waals surface area (Å²) >= 11 is 0. The highest BCUT2D eigenvalue weighted by Gasteiger charge is 2.13.